The highest BCUT2D eigenvalue weighted by Crippen LogP contribution is 2.32. The largest absolute Gasteiger partial charge is 0.299 e. The number of hydrogen-bond donors (Lipinski definition) is 0. The van der Waals surface area contributed by atoms with Crippen LogP contribution in [-0.2, 0) is 26.2 Å². The van der Waals surface area contributed by atoms with E-state index in [0.717, 1.165) is 79.2 Å². The lowest BCUT2D eigenvalue weighted by atomic mass is 9.95. The summed E-state index contributed by atoms with van der Waals surface area (Å²) in [6, 6.07) is 28.5. The van der Waals surface area contributed by atoms with Crippen LogP contribution in [0.1, 0.15) is 114 Å². The monoisotopic (exact) mass is 983 g/mol. The third-order valence-electron chi connectivity index (χ3n) is 15.8. The number of nitrogens with zero attached hydrogens (tertiary/aromatic N) is 4. The molecule has 0 amide bonds. The molecule has 8 heteroatoms. The molecule has 0 unspecified atom stereocenters. The molecular formula is C60H85Cl2FN4S. The standard InChI is InChI=1S/C16H21NS.C16H25N.C14H19ClFN.C14H20ClN/c1-12(2)13-7-8-17(9-13)10-14-11-18-16-6-4-3-5-15(14)16;1-12(2)15-8-9-17(10-15)11-16-13(3)6-5-7-14(16)4;1-10(2)11-6-7-17(8-11)9-12-13(15)4-3-5-14(12)16;1-11(2)12-7-8-16(9-12)10-13-5-3-4-6-14(13)15/h3-6,11-13H,7-10H2,1-2H3;5-7,12,15H,8-11H2,1-4H3;3-5,10-11H,6-9H2,1-2H3;3-6,11-12H,7-10H2,1-2H3/t13-;15-;11-;12-/m1111/s1. The SMILES string of the molecule is CC(C)[C@@H]1CCN(Cc2c(F)cccc2Cl)C1.CC(C)[C@@H]1CCN(Cc2ccccc2Cl)C1.CC(C)[C@@H]1CCN(Cc2csc3ccccc23)C1.Cc1cccc(C)c1CN1CC[C@@H](C(C)C)C1. The highest BCUT2D eigenvalue weighted by molar-refractivity contribution is 7.17. The van der Waals surface area contributed by atoms with Crippen LogP contribution in [-0.4, -0.2) is 72.0 Å². The van der Waals surface area contributed by atoms with Gasteiger partial charge in [0.15, 0.2) is 0 Å². The lowest BCUT2D eigenvalue weighted by Crippen LogP contribution is -2.22. The molecule has 4 fully saturated rings. The Balaban J connectivity index is 0.000000149. The number of thiophene rings is 1. The molecule has 68 heavy (non-hydrogen) atoms. The van der Waals surface area contributed by atoms with E-state index in [4.69, 9.17) is 23.2 Å². The fourth-order valence-electron chi connectivity index (χ4n) is 10.7. The van der Waals surface area contributed by atoms with Crippen molar-refractivity contribution in [1.82, 2.24) is 19.6 Å². The van der Waals surface area contributed by atoms with Crippen LogP contribution in [0.2, 0.25) is 10.0 Å². The zero-order valence-corrected chi connectivity index (χ0v) is 45.8. The van der Waals surface area contributed by atoms with Gasteiger partial charge in [0, 0.05) is 72.7 Å². The van der Waals surface area contributed by atoms with Gasteiger partial charge in [0.25, 0.3) is 0 Å². The van der Waals surface area contributed by atoms with Crippen molar-refractivity contribution in [3.63, 3.8) is 0 Å². The smallest absolute Gasteiger partial charge is 0.129 e. The lowest BCUT2D eigenvalue weighted by molar-refractivity contribution is 0.293. The summed E-state index contributed by atoms with van der Waals surface area (Å²) in [6.45, 7) is 36.6. The second-order valence-corrected chi connectivity index (χ2v) is 23.8. The van der Waals surface area contributed by atoms with Crippen molar-refractivity contribution in [2.45, 2.75) is 121 Å². The number of hydrogen-bond acceptors (Lipinski definition) is 5. The molecule has 1 aromatic heterocycles. The molecule has 0 N–H and O–H groups in total. The quantitative estimate of drug-likeness (QED) is 0.123. The Morgan fingerprint density at radius 2 is 0.897 bits per heavy atom. The number of aryl methyl sites for hydroxylation is 2. The highest BCUT2D eigenvalue weighted by atomic mass is 35.5. The predicted octanol–water partition coefficient (Wildman–Crippen LogP) is 15.9. The molecule has 5 heterocycles. The third-order valence-corrected chi connectivity index (χ3v) is 17.5. The summed E-state index contributed by atoms with van der Waals surface area (Å²) < 4.78 is 15.1. The first-order valence-electron chi connectivity index (χ1n) is 26.1. The van der Waals surface area contributed by atoms with Gasteiger partial charge in [-0.25, -0.2) is 4.39 Å². The summed E-state index contributed by atoms with van der Waals surface area (Å²) in [4.78, 5) is 10.1. The van der Waals surface area contributed by atoms with Crippen LogP contribution in [0, 0.1) is 67.0 Å². The maximum Gasteiger partial charge on any atom is 0.129 e. The maximum atomic E-state index is 13.6. The highest BCUT2D eigenvalue weighted by Gasteiger charge is 2.28. The Morgan fingerprint density at radius 3 is 1.37 bits per heavy atom. The van der Waals surface area contributed by atoms with E-state index in [-0.39, 0.29) is 5.82 Å². The van der Waals surface area contributed by atoms with Crippen LogP contribution in [0.25, 0.3) is 10.1 Å². The van der Waals surface area contributed by atoms with E-state index in [2.05, 4.69) is 149 Å². The predicted molar refractivity (Wildman–Crippen MR) is 293 cm³/mol. The van der Waals surface area contributed by atoms with Crippen molar-refractivity contribution in [2.24, 2.45) is 47.3 Å². The number of rotatable bonds is 12. The summed E-state index contributed by atoms with van der Waals surface area (Å²) in [5, 5.41) is 5.23. The van der Waals surface area contributed by atoms with Crippen LogP contribution in [0.15, 0.2) is 90.3 Å². The lowest BCUT2D eigenvalue weighted by Gasteiger charge is -2.20. The van der Waals surface area contributed by atoms with Crippen molar-refractivity contribution < 1.29 is 4.39 Å². The average Bonchev–Trinajstić information content (AvgIpc) is 4.17. The molecular weight excluding hydrogens is 899 g/mol. The van der Waals surface area contributed by atoms with Gasteiger partial charge in [0.05, 0.1) is 0 Å². The Hall–Kier alpha value is -2.81. The summed E-state index contributed by atoms with van der Waals surface area (Å²) in [6.07, 6.45) is 5.30. The molecule has 5 aromatic rings. The average molecular weight is 984 g/mol. The van der Waals surface area contributed by atoms with Crippen molar-refractivity contribution in [3.05, 3.63) is 140 Å². The minimum atomic E-state index is -0.189. The van der Waals surface area contributed by atoms with Crippen LogP contribution in [0.4, 0.5) is 4.39 Å². The summed E-state index contributed by atoms with van der Waals surface area (Å²) >= 11 is 14.1. The van der Waals surface area contributed by atoms with E-state index in [9.17, 15) is 4.39 Å². The molecule has 4 aliphatic heterocycles. The van der Waals surface area contributed by atoms with Crippen LogP contribution in [0.5, 0.6) is 0 Å². The van der Waals surface area contributed by atoms with E-state index in [1.807, 2.05) is 23.5 Å². The first-order chi connectivity index (χ1) is 32.6. The molecule has 4 aliphatic rings. The summed E-state index contributed by atoms with van der Waals surface area (Å²) in [7, 11) is 0. The number of halogens is 3. The van der Waals surface area contributed by atoms with Gasteiger partial charge in [-0.05, 0) is 176 Å². The topological polar surface area (TPSA) is 13.0 Å². The van der Waals surface area contributed by atoms with Gasteiger partial charge in [-0.3, -0.25) is 19.6 Å². The molecule has 0 bridgehead atoms. The van der Waals surface area contributed by atoms with Gasteiger partial charge in [0.1, 0.15) is 5.82 Å². The molecule has 4 aromatic carbocycles. The molecule has 4 atom stereocenters. The Labute approximate surface area is 426 Å². The van der Waals surface area contributed by atoms with Gasteiger partial charge in [-0.1, -0.05) is 139 Å². The summed E-state index contributed by atoms with van der Waals surface area (Å²) in [5.74, 6) is 6.38. The Bertz CT molecular complexity index is 2170. The van der Waals surface area contributed by atoms with E-state index in [0.29, 0.717) is 23.0 Å². The zero-order chi connectivity index (χ0) is 48.9. The zero-order valence-electron chi connectivity index (χ0n) is 43.4. The van der Waals surface area contributed by atoms with E-state index >= 15 is 0 Å². The van der Waals surface area contributed by atoms with Gasteiger partial charge in [0.2, 0.25) is 0 Å². The van der Waals surface area contributed by atoms with Crippen molar-refractivity contribution in [1.29, 1.82) is 0 Å². The summed E-state index contributed by atoms with van der Waals surface area (Å²) in [5.41, 5.74) is 7.83. The van der Waals surface area contributed by atoms with Crippen LogP contribution in [0.3, 0.4) is 0 Å². The normalized spacial score (nSPS) is 21.4. The molecule has 4 saturated heterocycles. The third kappa shape index (κ3) is 15.8. The van der Waals surface area contributed by atoms with Gasteiger partial charge in [-0.2, -0.15) is 0 Å². The van der Waals surface area contributed by atoms with Crippen molar-refractivity contribution in [3.8, 4) is 0 Å². The number of likely N-dealkylation sites (tertiary alicyclic amines) is 4. The van der Waals surface area contributed by atoms with Crippen molar-refractivity contribution >= 4 is 44.6 Å². The number of fused-ring (bicyclic) bond motifs is 1. The molecule has 9 rings (SSSR count). The number of benzene rings is 4. The fourth-order valence-corrected chi connectivity index (χ4v) is 12.1. The second kappa shape index (κ2) is 26.6. The molecule has 4 nitrogen and oxygen atoms in total. The first kappa shape index (κ1) is 54.5. The Kier molecular flexibility index (Phi) is 21.3. The van der Waals surface area contributed by atoms with Crippen LogP contribution >= 0.6 is 34.5 Å². The van der Waals surface area contributed by atoms with Gasteiger partial charge in [-0.15, -0.1) is 11.3 Å². The fraction of sp³-hybridized carbons (Fsp3) is 0.567. The Morgan fingerprint density at radius 1 is 0.485 bits per heavy atom. The van der Waals surface area contributed by atoms with Gasteiger partial charge < -0.3 is 0 Å². The van der Waals surface area contributed by atoms with E-state index in [1.165, 1.54) is 109 Å². The first-order valence-corrected chi connectivity index (χ1v) is 27.8. The van der Waals surface area contributed by atoms with Crippen LogP contribution < -0.4 is 0 Å². The molecule has 0 spiro atoms. The minimum Gasteiger partial charge on any atom is -0.299 e. The van der Waals surface area contributed by atoms with Gasteiger partial charge >= 0.3 is 0 Å². The molecule has 372 valence electrons. The molecule has 0 saturated carbocycles. The minimum absolute atomic E-state index is 0.189. The molecule has 0 aliphatic carbocycles. The van der Waals surface area contributed by atoms with E-state index < -0.39 is 0 Å². The molecule has 0 radical (unpaired) electrons. The maximum absolute atomic E-state index is 13.6. The van der Waals surface area contributed by atoms with E-state index in [1.54, 1.807) is 12.1 Å². The second-order valence-electron chi connectivity index (χ2n) is 22.0. The van der Waals surface area contributed by atoms with Crippen molar-refractivity contribution in [2.75, 3.05) is 52.4 Å².